The van der Waals surface area contributed by atoms with Gasteiger partial charge in [0.1, 0.15) is 6.10 Å². The summed E-state index contributed by atoms with van der Waals surface area (Å²) in [5.41, 5.74) is 0. The van der Waals surface area contributed by atoms with E-state index in [1.54, 1.807) is 7.11 Å². The Labute approximate surface area is 104 Å². The third-order valence-electron chi connectivity index (χ3n) is 4.61. The van der Waals surface area contributed by atoms with Crippen LogP contribution in [-0.2, 0) is 9.53 Å². The lowest BCUT2D eigenvalue weighted by Crippen LogP contribution is -2.38. The number of carbonyl (C=O) groups excluding carboxylic acids is 1. The van der Waals surface area contributed by atoms with Gasteiger partial charge >= 0.3 is 0 Å². The molecule has 0 bridgehead atoms. The molecule has 0 aromatic rings. The van der Waals surface area contributed by atoms with Crippen molar-refractivity contribution < 1.29 is 9.53 Å². The normalized spacial score (nSPS) is 39.0. The molecule has 2 nitrogen and oxygen atoms in total. The summed E-state index contributed by atoms with van der Waals surface area (Å²) < 4.78 is 5.40. The minimum absolute atomic E-state index is 0.164. The second-order valence-corrected chi connectivity index (χ2v) is 5.59. The van der Waals surface area contributed by atoms with Crippen LogP contribution in [0, 0.1) is 17.8 Å². The van der Waals surface area contributed by atoms with Gasteiger partial charge in [0.2, 0.25) is 0 Å². The summed E-state index contributed by atoms with van der Waals surface area (Å²) in [5.74, 6) is 1.79. The van der Waals surface area contributed by atoms with Gasteiger partial charge in [-0.05, 0) is 43.9 Å². The van der Waals surface area contributed by atoms with Crippen molar-refractivity contribution in [3.05, 3.63) is 12.7 Å². The van der Waals surface area contributed by atoms with E-state index >= 15 is 0 Å². The number of fused-ring (bicyclic) bond motifs is 1. The molecule has 2 heteroatoms. The molecule has 96 valence electrons. The van der Waals surface area contributed by atoms with Crippen LogP contribution in [-0.4, -0.2) is 19.0 Å². The first-order valence-corrected chi connectivity index (χ1v) is 6.95. The first-order chi connectivity index (χ1) is 8.26. The molecule has 0 radical (unpaired) electrons. The van der Waals surface area contributed by atoms with E-state index in [0.29, 0.717) is 17.6 Å². The molecule has 0 aliphatic heterocycles. The van der Waals surface area contributed by atoms with E-state index in [1.165, 1.54) is 19.3 Å². The van der Waals surface area contributed by atoms with Gasteiger partial charge in [0.15, 0.2) is 5.78 Å². The van der Waals surface area contributed by atoms with Gasteiger partial charge in [0.25, 0.3) is 0 Å². The summed E-state index contributed by atoms with van der Waals surface area (Å²) in [7, 11) is 1.67. The van der Waals surface area contributed by atoms with Crippen molar-refractivity contribution in [2.45, 2.75) is 51.0 Å². The van der Waals surface area contributed by atoms with Crippen LogP contribution >= 0.6 is 0 Å². The number of rotatable bonds is 2. The predicted octanol–water partition coefficient (Wildman–Crippen LogP) is 3.36. The van der Waals surface area contributed by atoms with E-state index in [0.717, 1.165) is 25.7 Å². The number of hydrogen-bond donors (Lipinski definition) is 0. The van der Waals surface area contributed by atoms with Crippen LogP contribution in [0.2, 0.25) is 0 Å². The molecule has 2 fully saturated rings. The summed E-state index contributed by atoms with van der Waals surface area (Å²) in [5, 5.41) is 0. The van der Waals surface area contributed by atoms with E-state index < -0.39 is 0 Å². The standard InChI is InChI=1S/C15H24O2/c1-3-11-8-9-14(17-2)15(16)13-7-5-4-6-12(13)10-11/h3,11-14H,1,4-10H2,2H3/t11?,12-,13+,14?/m1/s1. The van der Waals surface area contributed by atoms with Crippen molar-refractivity contribution >= 4 is 5.78 Å². The van der Waals surface area contributed by atoms with Crippen molar-refractivity contribution in [1.29, 1.82) is 0 Å². The molecule has 0 aromatic heterocycles. The molecule has 2 aliphatic carbocycles. The number of ether oxygens (including phenoxy) is 1. The minimum atomic E-state index is -0.164. The Hall–Kier alpha value is -0.630. The molecule has 0 N–H and O–H groups in total. The molecular formula is C15H24O2. The lowest BCUT2D eigenvalue weighted by Gasteiger charge is -2.36. The van der Waals surface area contributed by atoms with Gasteiger partial charge in [-0.25, -0.2) is 0 Å². The van der Waals surface area contributed by atoms with E-state index in [2.05, 4.69) is 12.7 Å². The highest BCUT2D eigenvalue weighted by Gasteiger charge is 2.37. The van der Waals surface area contributed by atoms with Gasteiger partial charge < -0.3 is 4.74 Å². The van der Waals surface area contributed by atoms with Gasteiger partial charge in [-0.2, -0.15) is 0 Å². The smallest absolute Gasteiger partial charge is 0.164 e. The van der Waals surface area contributed by atoms with Crippen molar-refractivity contribution in [3.8, 4) is 0 Å². The van der Waals surface area contributed by atoms with Crippen LogP contribution < -0.4 is 0 Å². The highest BCUT2D eigenvalue weighted by molar-refractivity contribution is 5.85. The number of ketones is 1. The summed E-state index contributed by atoms with van der Waals surface area (Å²) in [6.45, 7) is 3.94. The Bertz CT molecular complexity index is 285. The van der Waals surface area contributed by atoms with Crippen LogP contribution in [0.3, 0.4) is 0 Å². The molecule has 0 spiro atoms. The van der Waals surface area contributed by atoms with Crippen molar-refractivity contribution in [2.75, 3.05) is 7.11 Å². The van der Waals surface area contributed by atoms with Gasteiger partial charge in [-0.1, -0.05) is 18.9 Å². The largest absolute Gasteiger partial charge is 0.374 e. The fraction of sp³-hybridized carbons (Fsp3) is 0.800. The molecule has 2 saturated carbocycles. The lowest BCUT2D eigenvalue weighted by atomic mass is 9.69. The number of allylic oxidation sites excluding steroid dienone is 1. The Morgan fingerprint density at radius 2 is 2.00 bits per heavy atom. The summed E-state index contributed by atoms with van der Waals surface area (Å²) in [6.07, 6.45) is 9.79. The first kappa shape index (κ1) is 12.8. The third kappa shape index (κ3) is 2.79. The highest BCUT2D eigenvalue weighted by Crippen LogP contribution is 2.39. The Morgan fingerprint density at radius 1 is 1.24 bits per heavy atom. The van der Waals surface area contributed by atoms with Crippen molar-refractivity contribution in [3.63, 3.8) is 0 Å². The molecule has 0 saturated heterocycles. The molecule has 0 aromatic carbocycles. The maximum absolute atomic E-state index is 12.4. The zero-order chi connectivity index (χ0) is 12.3. The van der Waals surface area contributed by atoms with Crippen molar-refractivity contribution in [2.24, 2.45) is 17.8 Å². The minimum Gasteiger partial charge on any atom is -0.374 e. The molecular weight excluding hydrogens is 212 g/mol. The fourth-order valence-electron chi connectivity index (χ4n) is 3.57. The Balaban J connectivity index is 2.15. The molecule has 2 aliphatic rings. The Morgan fingerprint density at radius 3 is 2.71 bits per heavy atom. The lowest BCUT2D eigenvalue weighted by molar-refractivity contribution is -0.137. The van der Waals surface area contributed by atoms with Gasteiger partial charge in [0.05, 0.1) is 0 Å². The van der Waals surface area contributed by atoms with E-state index in [-0.39, 0.29) is 12.0 Å². The number of methoxy groups -OCH3 is 1. The summed E-state index contributed by atoms with van der Waals surface area (Å²) >= 11 is 0. The molecule has 2 rings (SSSR count). The van der Waals surface area contributed by atoms with Crippen molar-refractivity contribution in [1.82, 2.24) is 0 Å². The molecule has 2 unspecified atom stereocenters. The van der Waals surface area contributed by atoms with Crippen LogP contribution in [0.25, 0.3) is 0 Å². The maximum Gasteiger partial charge on any atom is 0.164 e. The maximum atomic E-state index is 12.4. The number of hydrogen-bond acceptors (Lipinski definition) is 2. The molecule has 0 amide bonds. The SMILES string of the molecule is C=CC1CCC(OC)C(=O)[C@H]2CCCC[C@@H]2C1. The Kier molecular flexibility index (Phi) is 4.38. The van der Waals surface area contributed by atoms with E-state index in [1.807, 2.05) is 0 Å². The van der Waals surface area contributed by atoms with E-state index in [4.69, 9.17) is 4.74 Å². The third-order valence-corrected chi connectivity index (χ3v) is 4.61. The zero-order valence-electron chi connectivity index (χ0n) is 10.9. The van der Waals surface area contributed by atoms with Gasteiger partial charge in [-0.15, -0.1) is 6.58 Å². The van der Waals surface area contributed by atoms with E-state index in [9.17, 15) is 4.79 Å². The number of carbonyl (C=O) groups is 1. The van der Waals surface area contributed by atoms with Crippen LogP contribution in [0.5, 0.6) is 0 Å². The average Bonchev–Trinajstić information content (AvgIpc) is 2.36. The van der Waals surface area contributed by atoms with Crippen LogP contribution in [0.1, 0.15) is 44.9 Å². The molecule has 17 heavy (non-hydrogen) atoms. The van der Waals surface area contributed by atoms with Gasteiger partial charge in [-0.3, -0.25) is 4.79 Å². The first-order valence-electron chi connectivity index (χ1n) is 6.95. The second kappa shape index (κ2) is 5.81. The van der Waals surface area contributed by atoms with Crippen LogP contribution in [0.15, 0.2) is 12.7 Å². The molecule has 4 atom stereocenters. The zero-order valence-corrected chi connectivity index (χ0v) is 10.9. The molecule has 0 heterocycles. The highest BCUT2D eigenvalue weighted by atomic mass is 16.5. The topological polar surface area (TPSA) is 26.3 Å². The summed E-state index contributed by atoms with van der Waals surface area (Å²) in [4.78, 5) is 12.4. The fourth-order valence-corrected chi connectivity index (χ4v) is 3.57. The predicted molar refractivity (Wildman–Crippen MR) is 68.8 cm³/mol. The summed E-state index contributed by atoms with van der Waals surface area (Å²) in [6, 6.07) is 0. The van der Waals surface area contributed by atoms with Gasteiger partial charge in [0, 0.05) is 13.0 Å². The monoisotopic (exact) mass is 236 g/mol. The second-order valence-electron chi connectivity index (χ2n) is 5.59. The quantitative estimate of drug-likeness (QED) is 0.687. The number of Topliss-reactive ketones (excluding diaryl/α,β-unsaturated/α-hetero) is 1. The van der Waals surface area contributed by atoms with Crippen LogP contribution in [0.4, 0.5) is 0 Å². The average molecular weight is 236 g/mol.